The summed E-state index contributed by atoms with van der Waals surface area (Å²) in [4.78, 5) is 25.9. The summed E-state index contributed by atoms with van der Waals surface area (Å²) >= 11 is 1.25. The molecule has 0 unspecified atom stereocenters. The minimum absolute atomic E-state index is 0.386. The predicted octanol–water partition coefficient (Wildman–Crippen LogP) is 1.45. The number of aromatic nitrogens is 1. The fraction of sp³-hybridized carbons (Fsp3) is 0.133. The topological polar surface area (TPSA) is 91.3 Å². The third-order valence-corrected chi connectivity index (χ3v) is 3.32. The van der Waals surface area contributed by atoms with Crippen LogP contribution in [0.4, 0.5) is 5.13 Å². The average molecular weight is 317 g/mol. The van der Waals surface area contributed by atoms with Crippen LogP contribution in [-0.4, -0.2) is 23.5 Å². The summed E-state index contributed by atoms with van der Waals surface area (Å²) < 4.78 is 5.37. The second-order valence-electron chi connectivity index (χ2n) is 4.14. The summed E-state index contributed by atoms with van der Waals surface area (Å²) in [6.45, 7) is 2.52. The predicted molar refractivity (Wildman–Crippen MR) is 81.5 cm³/mol. The number of thiazole rings is 1. The van der Waals surface area contributed by atoms with Gasteiger partial charge in [0.25, 0.3) is 0 Å². The molecule has 1 heterocycles. The fourth-order valence-electron chi connectivity index (χ4n) is 1.64. The van der Waals surface area contributed by atoms with Crippen LogP contribution in [0.15, 0.2) is 41.8 Å². The van der Waals surface area contributed by atoms with Crippen LogP contribution >= 0.6 is 11.3 Å². The highest BCUT2D eigenvalue weighted by Crippen LogP contribution is 2.26. The number of carboxylic acid groups (broad SMARTS) is 1. The molecule has 1 N–H and O–H groups in total. The van der Waals surface area contributed by atoms with E-state index in [1.807, 2.05) is 31.2 Å². The van der Waals surface area contributed by atoms with E-state index in [9.17, 15) is 14.7 Å². The smallest absolute Gasteiger partial charge is 0.250 e. The number of aliphatic carboxylic acids is 1. The number of nitrogens with zero attached hydrogens (tertiary/aromatic N) is 1. The second kappa shape index (κ2) is 7.37. The zero-order valence-electron chi connectivity index (χ0n) is 11.7. The summed E-state index contributed by atoms with van der Waals surface area (Å²) in [6.07, 6.45) is 1.55. The molecule has 114 valence electrons. The molecular formula is C15H13N2O4S-. The van der Waals surface area contributed by atoms with Gasteiger partial charge in [-0.2, -0.15) is 0 Å². The van der Waals surface area contributed by atoms with Crippen molar-refractivity contribution in [2.24, 2.45) is 0 Å². The van der Waals surface area contributed by atoms with Gasteiger partial charge in [0, 0.05) is 17.0 Å². The van der Waals surface area contributed by atoms with Gasteiger partial charge in [-0.3, -0.25) is 10.1 Å². The first kappa shape index (κ1) is 15.7. The molecule has 2 rings (SSSR count). The van der Waals surface area contributed by atoms with E-state index in [0.29, 0.717) is 23.5 Å². The maximum atomic E-state index is 11.4. The number of benzene rings is 1. The minimum atomic E-state index is -1.43. The number of nitrogens with one attached hydrogen (secondary N) is 1. The molecule has 0 atom stereocenters. The van der Waals surface area contributed by atoms with E-state index in [4.69, 9.17) is 4.74 Å². The van der Waals surface area contributed by atoms with Crippen molar-refractivity contribution >= 4 is 28.3 Å². The molecule has 0 saturated carbocycles. The Morgan fingerprint density at radius 3 is 2.68 bits per heavy atom. The standard InChI is InChI=1S/C15H14N2O4S/c1-2-21-11-5-3-10(4-6-11)12-9-22-15(16-12)17-13(18)7-8-14(19)20/h3-9H,2H2,1H3,(H,19,20)(H,16,17,18)/p-1. The first-order valence-corrected chi connectivity index (χ1v) is 7.35. The molecule has 0 saturated heterocycles. The van der Waals surface area contributed by atoms with Crippen molar-refractivity contribution in [1.29, 1.82) is 0 Å². The normalized spacial score (nSPS) is 10.6. The molecule has 22 heavy (non-hydrogen) atoms. The van der Waals surface area contributed by atoms with Crippen LogP contribution in [0.2, 0.25) is 0 Å². The Bertz CT molecular complexity index is 692. The van der Waals surface area contributed by atoms with E-state index in [2.05, 4.69) is 10.3 Å². The lowest BCUT2D eigenvalue weighted by Gasteiger charge is -2.03. The lowest BCUT2D eigenvalue weighted by molar-refractivity contribution is -0.297. The Labute approximate surface area is 131 Å². The lowest BCUT2D eigenvalue weighted by atomic mass is 10.2. The first-order chi connectivity index (χ1) is 10.6. The molecular weight excluding hydrogens is 304 g/mol. The lowest BCUT2D eigenvalue weighted by Crippen LogP contribution is -2.20. The number of amides is 1. The van der Waals surface area contributed by atoms with Crippen LogP contribution in [0.3, 0.4) is 0 Å². The zero-order chi connectivity index (χ0) is 15.9. The first-order valence-electron chi connectivity index (χ1n) is 6.47. The maximum Gasteiger partial charge on any atom is 0.250 e. The Hall–Kier alpha value is -2.67. The Balaban J connectivity index is 2.04. The van der Waals surface area contributed by atoms with Gasteiger partial charge in [-0.05, 0) is 37.3 Å². The van der Waals surface area contributed by atoms with Gasteiger partial charge in [-0.1, -0.05) is 0 Å². The van der Waals surface area contributed by atoms with Gasteiger partial charge >= 0.3 is 0 Å². The van der Waals surface area contributed by atoms with E-state index in [1.54, 1.807) is 5.38 Å². The van der Waals surface area contributed by atoms with Crippen molar-refractivity contribution < 1.29 is 19.4 Å². The van der Waals surface area contributed by atoms with Crippen LogP contribution in [0, 0.1) is 0 Å². The molecule has 1 aromatic heterocycles. The van der Waals surface area contributed by atoms with E-state index in [-0.39, 0.29) is 0 Å². The van der Waals surface area contributed by atoms with Crippen LogP contribution < -0.4 is 15.2 Å². The molecule has 1 aromatic carbocycles. The molecule has 6 nitrogen and oxygen atoms in total. The van der Waals surface area contributed by atoms with Crippen LogP contribution in [-0.2, 0) is 9.59 Å². The Morgan fingerprint density at radius 1 is 1.32 bits per heavy atom. The third-order valence-electron chi connectivity index (χ3n) is 2.57. The van der Waals surface area contributed by atoms with Gasteiger partial charge in [0.15, 0.2) is 5.13 Å². The van der Waals surface area contributed by atoms with Gasteiger partial charge in [-0.15, -0.1) is 11.3 Å². The quantitative estimate of drug-likeness (QED) is 0.814. The third kappa shape index (κ3) is 4.42. The maximum absolute atomic E-state index is 11.4. The number of carbonyl (C=O) groups is 2. The second-order valence-corrected chi connectivity index (χ2v) is 5.00. The molecule has 0 aliphatic heterocycles. The number of carbonyl (C=O) groups excluding carboxylic acids is 2. The van der Waals surface area contributed by atoms with Crippen LogP contribution in [0.25, 0.3) is 11.3 Å². The van der Waals surface area contributed by atoms with Crippen LogP contribution in [0.1, 0.15) is 6.92 Å². The molecule has 0 spiro atoms. The average Bonchev–Trinajstić information content (AvgIpc) is 2.95. The summed E-state index contributed by atoms with van der Waals surface area (Å²) in [7, 11) is 0. The molecule has 0 aliphatic carbocycles. The molecule has 0 fully saturated rings. The van der Waals surface area contributed by atoms with E-state index in [0.717, 1.165) is 17.4 Å². The number of carboxylic acids is 1. The summed E-state index contributed by atoms with van der Waals surface area (Å²) in [5, 5.41) is 14.9. The highest BCUT2D eigenvalue weighted by Gasteiger charge is 2.06. The number of anilines is 1. The molecule has 7 heteroatoms. The van der Waals surface area contributed by atoms with Crippen molar-refractivity contribution in [3.63, 3.8) is 0 Å². The zero-order valence-corrected chi connectivity index (χ0v) is 12.6. The molecule has 0 aliphatic rings. The number of hydrogen-bond donors (Lipinski definition) is 1. The van der Waals surface area contributed by atoms with E-state index in [1.165, 1.54) is 11.3 Å². The highest BCUT2D eigenvalue weighted by molar-refractivity contribution is 7.14. The molecule has 1 amide bonds. The molecule has 2 aromatic rings. The van der Waals surface area contributed by atoms with Crippen molar-refractivity contribution in [3.05, 3.63) is 41.8 Å². The van der Waals surface area contributed by atoms with Gasteiger partial charge in [0.2, 0.25) is 5.91 Å². The summed E-state index contributed by atoms with van der Waals surface area (Å²) in [5.41, 5.74) is 1.61. The summed E-state index contributed by atoms with van der Waals surface area (Å²) in [5.74, 6) is -1.22. The highest BCUT2D eigenvalue weighted by atomic mass is 32.1. The largest absolute Gasteiger partial charge is 0.545 e. The van der Waals surface area contributed by atoms with Crippen molar-refractivity contribution in [2.75, 3.05) is 11.9 Å². The van der Waals surface area contributed by atoms with E-state index >= 15 is 0 Å². The number of hydrogen-bond acceptors (Lipinski definition) is 6. The van der Waals surface area contributed by atoms with Gasteiger partial charge in [0.05, 0.1) is 18.3 Å². The van der Waals surface area contributed by atoms with Crippen molar-refractivity contribution in [1.82, 2.24) is 4.98 Å². The van der Waals surface area contributed by atoms with E-state index < -0.39 is 11.9 Å². The Kier molecular flexibility index (Phi) is 5.26. The van der Waals surface area contributed by atoms with Crippen LogP contribution in [0.5, 0.6) is 5.75 Å². The van der Waals surface area contributed by atoms with Crippen molar-refractivity contribution in [2.45, 2.75) is 6.92 Å². The van der Waals surface area contributed by atoms with Gasteiger partial charge < -0.3 is 14.6 Å². The SMILES string of the molecule is CCOc1ccc(-c2csc(NC(=O)C=CC(=O)[O-])n2)cc1. The van der Waals surface area contributed by atoms with Gasteiger partial charge in [-0.25, -0.2) is 4.98 Å². The van der Waals surface area contributed by atoms with Crippen molar-refractivity contribution in [3.8, 4) is 17.0 Å². The fourth-order valence-corrected chi connectivity index (χ4v) is 2.37. The van der Waals surface area contributed by atoms with Gasteiger partial charge in [0.1, 0.15) is 5.75 Å². The molecule has 0 radical (unpaired) electrons. The number of rotatable bonds is 6. The minimum Gasteiger partial charge on any atom is -0.545 e. The molecule has 0 bridgehead atoms. The number of ether oxygens (including phenoxy) is 1. The monoisotopic (exact) mass is 317 g/mol. The Morgan fingerprint density at radius 2 is 2.05 bits per heavy atom. The summed E-state index contributed by atoms with van der Waals surface area (Å²) in [6, 6.07) is 7.45.